The molecule has 3 heterocycles. The molecule has 0 aliphatic carbocycles. The number of methoxy groups -OCH3 is 1. The molecule has 2 aromatic rings. The first kappa shape index (κ1) is 17.3. The number of rotatable bonds is 3. The second kappa shape index (κ2) is 7.23. The Labute approximate surface area is 158 Å². The van der Waals surface area contributed by atoms with E-state index in [9.17, 15) is 4.79 Å². The Balaban J connectivity index is 1.54. The number of hydrogen-bond acceptors (Lipinski definition) is 6. The third kappa shape index (κ3) is 3.31. The van der Waals surface area contributed by atoms with Crippen LogP contribution in [0.3, 0.4) is 0 Å². The number of likely N-dealkylation sites (tertiary alicyclic amines) is 1. The van der Waals surface area contributed by atoms with Crippen LogP contribution < -0.4 is 9.64 Å². The summed E-state index contributed by atoms with van der Waals surface area (Å²) in [5.74, 6) is 1.87. The molecule has 7 heteroatoms. The lowest BCUT2D eigenvalue weighted by Crippen LogP contribution is -2.50. The molecule has 1 amide bonds. The number of carbonyl (C=O) groups excluding carboxylic acids is 1. The van der Waals surface area contributed by atoms with Gasteiger partial charge in [0.15, 0.2) is 0 Å². The fourth-order valence-corrected chi connectivity index (χ4v) is 4.10. The summed E-state index contributed by atoms with van der Waals surface area (Å²) in [5.41, 5.74) is 1.09. The van der Waals surface area contributed by atoms with Gasteiger partial charge in [0.05, 0.1) is 24.8 Å². The zero-order valence-electron chi connectivity index (χ0n) is 15.2. The lowest BCUT2D eigenvalue weighted by Gasteiger charge is -2.39. The van der Waals surface area contributed by atoms with Crippen molar-refractivity contribution in [2.24, 2.45) is 5.92 Å². The third-order valence-corrected chi connectivity index (χ3v) is 5.52. The molecule has 2 aliphatic heterocycles. The monoisotopic (exact) mass is 363 g/mol. The van der Waals surface area contributed by atoms with Gasteiger partial charge in [0.2, 0.25) is 5.88 Å². The van der Waals surface area contributed by atoms with Gasteiger partial charge in [-0.25, -0.2) is 9.97 Å². The van der Waals surface area contributed by atoms with E-state index in [1.807, 2.05) is 11.0 Å². The Hall–Kier alpha value is -3.14. The Kier molecular flexibility index (Phi) is 4.63. The zero-order chi connectivity index (χ0) is 18.8. The lowest BCUT2D eigenvalue weighted by molar-refractivity contribution is 0.0712. The predicted octanol–water partition coefficient (Wildman–Crippen LogP) is 2.10. The highest BCUT2D eigenvalue weighted by molar-refractivity contribution is 5.95. The Morgan fingerprint density at radius 3 is 2.93 bits per heavy atom. The summed E-state index contributed by atoms with van der Waals surface area (Å²) < 4.78 is 5.20. The molecule has 0 spiro atoms. The number of piperidine rings is 1. The van der Waals surface area contributed by atoms with Crippen LogP contribution in [-0.2, 0) is 0 Å². The van der Waals surface area contributed by atoms with Crippen molar-refractivity contribution in [1.82, 2.24) is 14.9 Å². The van der Waals surface area contributed by atoms with E-state index in [0.717, 1.165) is 38.3 Å². The number of amides is 1. The van der Waals surface area contributed by atoms with Crippen molar-refractivity contribution in [3.05, 3.63) is 47.8 Å². The molecular formula is C20H21N5O2. The third-order valence-electron chi connectivity index (χ3n) is 5.52. The van der Waals surface area contributed by atoms with E-state index in [4.69, 9.17) is 10.00 Å². The van der Waals surface area contributed by atoms with E-state index < -0.39 is 0 Å². The smallest absolute Gasteiger partial charge is 0.254 e. The maximum absolute atomic E-state index is 13.1. The first-order chi connectivity index (χ1) is 13.2. The molecule has 7 nitrogen and oxygen atoms in total. The molecule has 138 valence electrons. The Morgan fingerprint density at radius 2 is 2.11 bits per heavy atom. The number of nitriles is 1. The van der Waals surface area contributed by atoms with Gasteiger partial charge in [-0.15, -0.1) is 0 Å². The minimum Gasteiger partial charge on any atom is -0.481 e. The molecule has 2 unspecified atom stereocenters. The van der Waals surface area contributed by atoms with Crippen molar-refractivity contribution in [3.63, 3.8) is 0 Å². The van der Waals surface area contributed by atoms with Crippen LogP contribution in [0, 0.1) is 17.2 Å². The van der Waals surface area contributed by atoms with Crippen molar-refractivity contribution in [2.75, 3.05) is 31.6 Å². The average Bonchev–Trinajstić information content (AvgIpc) is 3.16. The van der Waals surface area contributed by atoms with Crippen LogP contribution in [0.15, 0.2) is 36.7 Å². The molecule has 4 rings (SSSR count). The van der Waals surface area contributed by atoms with Gasteiger partial charge in [-0.3, -0.25) is 4.79 Å². The van der Waals surface area contributed by atoms with E-state index in [1.54, 1.807) is 31.4 Å². The van der Waals surface area contributed by atoms with Gasteiger partial charge in [-0.2, -0.15) is 5.26 Å². The fraction of sp³-hybridized carbons (Fsp3) is 0.400. The van der Waals surface area contributed by atoms with Gasteiger partial charge < -0.3 is 14.5 Å². The normalized spacial score (nSPS) is 21.5. The second-order valence-corrected chi connectivity index (χ2v) is 6.96. The zero-order valence-corrected chi connectivity index (χ0v) is 15.2. The van der Waals surface area contributed by atoms with E-state index in [0.29, 0.717) is 22.9 Å². The van der Waals surface area contributed by atoms with Crippen LogP contribution in [0.1, 0.15) is 28.8 Å². The van der Waals surface area contributed by atoms with E-state index in [2.05, 4.69) is 20.9 Å². The summed E-state index contributed by atoms with van der Waals surface area (Å²) in [4.78, 5) is 25.7. The minimum atomic E-state index is 0.00159. The van der Waals surface area contributed by atoms with Crippen LogP contribution in [0.5, 0.6) is 5.88 Å². The Bertz CT molecular complexity index is 894. The van der Waals surface area contributed by atoms with Gasteiger partial charge in [-0.05, 0) is 37.0 Å². The standard InChI is InChI=1S/C20H21N5O2/c1-27-19-10-18(22-13-23-19)24-7-5-15-6-8-25(17(15)12-24)20(26)16-4-2-3-14(9-16)11-21/h2-4,9-10,13,15,17H,5-8,12H2,1H3. The van der Waals surface area contributed by atoms with Gasteiger partial charge >= 0.3 is 0 Å². The molecule has 1 aromatic heterocycles. The number of fused-ring (bicyclic) bond motifs is 1. The van der Waals surface area contributed by atoms with Crippen LogP contribution in [0.4, 0.5) is 5.82 Å². The summed E-state index contributed by atoms with van der Waals surface area (Å²) in [7, 11) is 1.59. The summed E-state index contributed by atoms with van der Waals surface area (Å²) >= 11 is 0. The summed E-state index contributed by atoms with van der Waals surface area (Å²) in [6.45, 7) is 2.41. The van der Waals surface area contributed by atoms with Crippen molar-refractivity contribution < 1.29 is 9.53 Å². The largest absolute Gasteiger partial charge is 0.481 e. The van der Waals surface area contributed by atoms with Crippen molar-refractivity contribution >= 4 is 11.7 Å². The molecule has 2 atom stereocenters. The Morgan fingerprint density at radius 1 is 1.26 bits per heavy atom. The fourth-order valence-electron chi connectivity index (χ4n) is 4.10. The van der Waals surface area contributed by atoms with Crippen LogP contribution in [0.2, 0.25) is 0 Å². The summed E-state index contributed by atoms with van der Waals surface area (Å²) in [6.07, 6.45) is 3.56. The van der Waals surface area contributed by atoms with E-state index in [1.165, 1.54) is 6.33 Å². The number of aromatic nitrogens is 2. The van der Waals surface area contributed by atoms with Crippen LogP contribution in [0.25, 0.3) is 0 Å². The molecule has 27 heavy (non-hydrogen) atoms. The number of nitrogens with zero attached hydrogens (tertiary/aromatic N) is 5. The maximum Gasteiger partial charge on any atom is 0.254 e. The van der Waals surface area contributed by atoms with Crippen molar-refractivity contribution in [1.29, 1.82) is 5.26 Å². The second-order valence-electron chi connectivity index (χ2n) is 6.96. The number of carbonyl (C=O) groups is 1. The SMILES string of the molecule is COc1cc(N2CCC3CCN(C(=O)c4cccc(C#N)c4)C3C2)ncn1. The van der Waals surface area contributed by atoms with Gasteiger partial charge in [0.25, 0.3) is 5.91 Å². The molecule has 2 saturated heterocycles. The molecular weight excluding hydrogens is 342 g/mol. The highest BCUT2D eigenvalue weighted by Gasteiger charge is 2.41. The number of benzene rings is 1. The molecule has 2 aliphatic rings. The summed E-state index contributed by atoms with van der Waals surface area (Å²) in [5, 5.41) is 9.10. The number of anilines is 1. The summed E-state index contributed by atoms with van der Waals surface area (Å²) in [6, 6.07) is 11.0. The van der Waals surface area contributed by atoms with Crippen molar-refractivity contribution in [2.45, 2.75) is 18.9 Å². The average molecular weight is 363 g/mol. The minimum absolute atomic E-state index is 0.00159. The first-order valence-electron chi connectivity index (χ1n) is 9.11. The van der Waals surface area contributed by atoms with Crippen molar-refractivity contribution in [3.8, 4) is 11.9 Å². The van der Waals surface area contributed by atoms with Gasteiger partial charge in [-0.1, -0.05) is 6.07 Å². The van der Waals surface area contributed by atoms with Gasteiger partial charge in [0.1, 0.15) is 12.1 Å². The topological polar surface area (TPSA) is 82.4 Å². The molecule has 0 N–H and O–H groups in total. The molecule has 0 saturated carbocycles. The highest BCUT2D eigenvalue weighted by Crippen LogP contribution is 2.34. The van der Waals surface area contributed by atoms with Gasteiger partial charge in [0, 0.05) is 31.3 Å². The quantitative estimate of drug-likeness (QED) is 0.831. The molecule has 1 aromatic carbocycles. The molecule has 0 bridgehead atoms. The van der Waals surface area contributed by atoms with Crippen LogP contribution in [-0.4, -0.2) is 53.6 Å². The highest BCUT2D eigenvalue weighted by atomic mass is 16.5. The van der Waals surface area contributed by atoms with E-state index in [-0.39, 0.29) is 11.9 Å². The first-order valence-corrected chi connectivity index (χ1v) is 9.11. The van der Waals surface area contributed by atoms with Crippen LogP contribution >= 0.6 is 0 Å². The van der Waals surface area contributed by atoms with E-state index >= 15 is 0 Å². The predicted molar refractivity (Wildman–Crippen MR) is 99.5 cm³/mol. The lowest BCUT2D eigenvalue weighted by atomic mass is 9.92. The number of hydrogen-bond donors (Lipinski definition) is 0. The molecule has 0 radical (unpaired) electrons. The number of ether oxygens (including phenoxy) is 1. The molecule has 2 fully saturated rings. The maximum atomic E-state index is 13.1.